The zero-order valence-corrected chi connectivity index (χ0v) is 20.1. The van der Waals surface area contributed by atoms with E-state index in [9.17, 15) is 18.0 Å². The molecule has 4 N–H and O–H groups in total. The molecule has 35 heavy (non-hydrogen) atoms. The van der Waals surface area contributed by atoms with Gasteiger partial charge in [-0.25, -0.2) is 8.42 Å². The molecule has 182 valence electrons. The fourth-order valence-electron chi connectivity index (χ4n) is 3.80. The van der Waals surface area contributed by atoms with E-state index in [2.05, 4.69) is 16.0 Å². The van der Waals surface area contributed by atoms with Crippen LogP contribution in [0.15, 0.2) is 60.7 Å². The largest absolute Gasteiger partial charge is 0.396 e. The van der Waals surface area contributed by atoms with Gasteiger partial charge in [-0.3, -0.25) is 13.9 Å². The number of sulfonamides is 1. The van der Waals surface area contributed by atoms with E-state index < -0.39 is 10.0 Å². The second kappa shape index (κ2) is 9.77. The third kappa shape index (κ3) is 5.13. The SMILES string of the molecule is CN(c1ccccc1-c1ccc2c(c1)Nc1cc(C(=O)NCCCO)ccc1NC2=O)S(C)(=O)=O. The molecule has 4 rings (SSSR count). The lowest BCUT2D eigenvalue weighted by molar-refractivity contribution is 0.0950. The molecule has 1 aliphatic heterocycles. The molecule has 0 saturated carbocycles. The minimum absolute atomic E-state index is 0.0136. The van der Waals surface area contributed by atoms with Gasteiger partial charge in [0.25, 0.3) is 11.8 Å². The molecule has 0 radical (unpaired) electrons. The molecule has 1 aliphatic rings. The molecule has 3 aromatic carbocycles. The first-order valence-electron chi connectivity index (χ1n) is 11.0. The Balaban J connectivity index is 1.72. The molecule has 0 aliphatic carbocycles. The maximum absolute atomic E-state index is 12.9. The lowest BCUT2D eigenvalue weighted by Gasteiger charge is -2.21. The topological polar surface area (TPSA) is 128 Å². The summed E-state index contributed by atoms with van der Waals surface area (Å²) in [5.74, 6) is -0.593. The average Bonchev–Trinajstić information content (AvgIpc) is 2.97. The van der Waals surface area contributed by atoms with Gasteiger partial charge in [0, 0.05) is 31.3 Å². The van der Waals surface area contributed by atoms with Crippen molar-refractivity contribution in [1.82, 2.24) is 5.32 Å². The van der Waals surface area contributed by atoms with Crippen molar-refractivity contribution in [2.75, 3.05) is 41.4 Å². The summed E-state index contributed by atoms with van der Waals surface area (Å²) < 4.78 is 25.5. The molecular formula is C25H26N4O5S. The maximum Gasteiger partial charge on any atom is 0.257 e. The zero-order chi connectivity index (χ0) is 25.2. The first-order chi connectivity index (χ1) is 16.7. The van der Waals surface area contributed by atoms with E-state index in [1.54, 1.807) is 48.5 Å². The molecule has 1 heterocycles. The third-order valence-electron chi connectivity index (χ3n) is 5.74. The van der Waals surface area contributed by atoms with Crippen LogP contribution in [-0.2, 0) is 10.0 Å². The minimum atomic E-state index is -3.48. The van der Waals surface area contributed by atoms with Crippen molar-refractivity contribution >= 4 is 44.6 Å². The summed E-state index contributed by atoms with van der Waals surface area (Å²) in [7, 11) is -1.99. The van der Waals surface area contributed by atoms with Crippen LogP contribution in [0, 0.1) is 0 Å². The Hall–Kier alpha value is -3.89. The molecule has 0 bridgehead atoms. The van der Waals surface area contributed by atoms with Crippen LogP contribution in [-0.4, -0.2) is 51.8 Å². The van der Waals surface area contributed by atoms with E-state index in [4.69, 9.17) is 5.11 Å². The monoisotopic (exact) mass is 494 g/mol. The van der Waals surface area contributed by atoms with Crippen LogP contribution in [0.25, 0.3) is 11.1 Å². The summed E-state index contributed by atoms with van der Waals surface area (Å²) in [6.07, 6.45) is 1.60. The molecule has 0 unspecified atom stereocenters. The van der Waals surface area contributed by atoms with Gasteiger partial charge in [-0.15, -0.1) is 0 Å². The fourth-order valence-corrected chi connectivity index (χ4v) is 4.32. The fraction of sp³-hybridized carbons (Fsp3) is 0.200. The Bertz CT molecular complexity index is 1400. The summed E-state index contributed by atoms with van der Waals surface area (Å²) >= 11 is 0. The minimum Gasteiger partial charge on any atom is -0.396 e. The van der Waals surface area contributed by atoms with Gasteiger partial charge in [0.2, 0.25) is 10.0 Å². The summed E-state index contributed by atoms with van der Waals surface area (Å²) in [5.41, 5.74) is 4.32. The van der Waals surface area contributed by atoms with Gasteiger partial charge in [-0.1, -0.05) is 24.3 Å². The van der Waals surface area contributed by atoms with E-state index in [1.807, 2.05) is 12.1 Å². The Morgan fingerprint density at radius 1 is 0.971 bits per heavy atom. The number of para-hydroxylation sites is 1. The average molecular weight is 495 g/mol. The predicted molar refractivity (Wildman–Crippen MR) is 137 cm³/mol. The summed E-state index contributed by atoms with van der Waals surface area (Å²) in [5, 5.41) is 17.8. The maximum atomic E-state index is 12.9. The van der Waals surface area contributed by atoms with Crippen molar-refractivity contribution in [3.05, 3.63) is 71.8 Å². The number of aliphatic hydroxyl groups excluding tert-OH is 1. The van der Waals surface area contributed by atoms with E-state index in [-0.39, 0.29) is 18.4 Å². The van der Waals surface area contributed by atoms with Gasteiger partial charge in [0.15, 0.2) is 0 Å². The molecule has 0 fully saturated rings. The standard InChI is InChI=1S/C25H26N4O5S/c1-29(35(2,33)34)23-7-4-3-6-18(23)16-8-10-19-21(14-16)27-22-15-17(24(31)26-12-5-13-30)9-11-20(22)28-25(19)32/h3-4,6-11,14-15,27,30H,5,12-13H2,1-2H3,(H,26,31)(H,28,32). The normalized spacial score (nSPS) is 12.5. The van der Waals surface area contributed by atoms with Crippen LogP contribution < -0.4 is 20.3 Å². The van der Waals surface area contributed by atoms with Crippen molar-refractivity contribution in [1.29, 1.82) is 0 Å². The van der Waals surface area contributed by atoms with Crippen LogP contribution in [0.2, 0.25) is 0 Å². The van der Waals surface area contributed by atoms with E-state index in [1.165, 1.54) is 11.4 Å². The van der Waals surface area contributed by atoms with Crippen molar-refractivity contribution in [2.24, 2.45) is 0 Å². The first-order valence-corrected chi connectivity index (χ1v) is 12.8. The van der Waals surface area contributed by atoms with Crippen LogP contribution in [0.5, 0.6) is 0 Å². The van der Waals surface area contributed by atoms with Crippen LogP contribution in [0.3, 0.4) is 0 Å². The molecule has 0 saturated heterocycles. The van der Waals surface area contributed by atoms with Gasteiger partial charge in [-0.2, -0.15) is 0 Å². The van der Waals surface area contributed by atoms with E-state index >= 15 is 0 Å². The number of fused-ring (bicyclic) bond motifs is 2. The molecule has 9 nitrogen and oxygen atoms in total. The number of rotatable bonds is 7. The van der Waals surface area contributed by atoms with E-state index in [0.29, 0.717) is 52.4 Å². The number of nitrogens with zero attached hydrogens (tertiary/aromatic N) is 1. The second-order valence-electron chi connectivity index (χ2n) is 8.18. The van der Waals surface area contributed by atoms with Gasteiger partial charge in [0.05, 0.1) is 34.6 Å². The number of hydrogen-bond donors (Lipinski definition) is 4. The number of amides is 2. The summed E-state index contributed by atoms with van der Waals surface area (Å²) in [6.45, 7) is 0.338. The highest BCUT2D eigenvalue weighted by Crippen LogP contribution is 2.37. The Morgan fingerprint density at radius 3 is 2.49 bits per heavy atom. The number of hydrogen-bond acceptors (Lipinski definition) is 6. The molecule has 2 amide bonds. The van der Waals surface area contributed by atoms with Gasteiger partial charge < -0.3 is 21.1 Å². The van der Waals surface area contributed by atoms with Crippen LogP contribution >= 0.6 is 0 Å². The van der Waals surface area contributed by atoms with Crippen LogP contribution in [0.4, 0.5) is 22.7 Å². The Morgan fingerprint density at radius 2 is 1.74 bits per heavy atom. The first kappa shape index (κ1) is 24.2. The molecule has 0 aromatic heterocycles. The quantitative estimate of drug-likeness (QED) is 0.374. The van der Waals surface area contributed by atoms with Crippen molar-refractivity contribution < 1.29 is 23.1 Å². The van der Waals surface area contributed by atoms with Gasteiger partial charge >= 0.3 is 0 Å². The van der Waals surface area contributed by atoms with E-state index in [0.717, 1.165) is 11.8 Å². The second-order valence-corrected chi connectivity index (χ2v) is 10.2. The number of aliphatic hydroxyl groups is 1. The summed E-state index contributed by atoms with van der Waals surface area (Å²) in [4.78, 5) is 25.3. The zero-order valence-electron chi connectivity index (χ0n) is 19.3. The van der Waals surface area contributed by atoms with Gasteiger partial charge in [-0.05, 0) is 48.4 Å². The van der Waals surface area contributed by atoms with Crippen molar-refractivity contribution in [3.63, 3.8) is 0 Å². The number of carbonyl (C=O) groups is 2. The lowest BCUT2D eigenvalue weighted by Crippen LogP contribution is -2.25. The number of nitrogens with one attached hydrogen (secondary N) is 3. The Kier molecular flexibility index (Phi) is 6.77. The smallest absolute Gasteiger partial charge is 0.257 e. The molecule has 3 aromatic rings. The molecule has 10 heteroatoms. The highest BCUT2D eigenvalue weighted by molar-refractivity contribution is 7.92. The Labute approximate surface area is 203 Å². The highest BCUT2D eigenvalue weighted by atomic mass is 32.2. The van der Waals surface area contributed by atoms with Crippen molar-refractivity contribution in [3.8, 4) is 11.1 Å². The lowest BCUT2D eigenvalue weighted by atomic mass is 10.0. The molecule has 0 atom stereocenters. The highest BCUT2D eigenvalue weighted by Gasteiger charge is 2.22. The predicted octanol–water partition coefficient (Wildman–Crippen LogP) is 3.17. The summed E-state index contributed by atoms with van der Waals surface area (Å²) in [6, 6.07) is 17.3. The number of carbonyl (C=O) groups excluding carboxylic acids is 2. The van der Waals surface area contributed by atoms with Gasteiger partial charge in [0.1, 0.15) is 0 Å². The third-order valence-corrected chi connectivity index (χ3v) is 6.93. The number of anilines is 4. The molecule has 0 spiro atoms. The van der Waals surface area contributed by atoms with Crippen LogP contribution in [0.1, 0.15) is 27.1 Å². The molecular weight excluding hydrogens is 468 g/mol. The number of benzene rings is 3. The van der Waals surface area contributed by atoms with Crippen molar-refractivity contribution in [2.45, 2.75) is 6.42 Å².